The molecule has 2 rings (SSSR count). The second-order valence-electron chi connectivity index (χ2n) is 6.07. The third-order valence-electron chi connectivity index (χ3n) is 4.39. The van der Waals surface area contributed by atoms with Crippen LogP contribution in [0, 0.1) is 26.7 Å². The van der Waals surface area contributed by atoms with Crippen LogP contribution in [0.1, 0.15) is 48.6 Å². The monoisotopic (exact) mass is 261 g/mol. The van der Waals surface area contributed by atoms with Crippen LogP contribution in [-0.2, 0) is 4.74 Å². The summed E-state index contributed by atoms with van der Waals surface area (Å²) in [5.74, 6) is 0.661. The zero-order valence-corrected chi connectivity index (χ0v) is 12.9. The highest BCUT2D eigenvalue weighted by Gasteiger charge is 2.24. The Labute approximate surface area is 117 Å². The summed E-state index contributed by atoms with van der Waals surface area (Å²) in [7, 11) is 0. The van der Waals surface area contributed by atoms with E-state index in [2.05, 4.69) is 52.1 Å². The highest BCUT2D eigenvalue weighted by atomic mass is 16.5. The summed E-state index contributed by atoms with van der Waals surface area (Å²) in [4.78, 5) is 0. The first-order valence-electron chi connectivity index (χ1n) is 7.41. The predicted octanol–water partition coefficient (Wildman–Crippen LogP) is 3.69. The lowest BCUT2D eigenvalue weighted by atomic mass is 9.94. The summed E-state index contributed by atoms with van der Waals surface area (Å²) in [6, 6.07) is 4.97. The maximum absolute atomic E-state index is 5.63. The van der Waals surface area contributed by atoms with Gasteiger partial charge in [-0.1, -0.05) is 17.7 Å². The van der Waals surface area contributed by atoms with Gasteiger partial charge in [0, 0.05) is 19.2 Å². The molecule has 3 unspecified atom stereocenters. The lowest BCUT2D eigenvalue weighted by molar-refractivity contribution is 0.105. The first kappa shape index (κ1) is 14.5. The molecule has 0 saturated carbocycles. The van der Waals surface area contributed by atoms with Crippen LogP contribution < -0.4 is 5.32 Å². The van der Waals surface area contributed by atoms with Crippen LogP contribution in [0.5, 0.6) is 0 Å². The number of ether oxygens (including phenoxy) is 1. The van der Waals surface area contributed by atoms with Crippen LogP contribution in [0.15, 0.2) is 12.1 Å². The van der Waals surface area contributed by atoms with Gasteiger partial charge in [0.2, 0.25) is 0 Å². The highest BCUT2D eigenvalue weighted by molar-refractivity contribution is 5.39. The Morgan fingerprint density at radius 2 is 1.89 bits per heavy atom. The van der Waals surface area contributed by atoms with E-state index in [1.165, 1.54) is 28.7 Å². The van der Waals surface area contributed by atoms with Crippen molar-refractivity contribution in [1.29, 1.82) is 0 Å². The second kappa shape index (κ2) is 6.06. The van der Waals surface area contributed by atoms with Crippen LogP contribution in [0.2, 0.25) is 0 Å². The van der Waals surface area contributed by atoms with E-state index >= 15 is 0 Å². The quantitative estimate of drug-likeness (QED) is 0.892. The van der Waals surface area contributed by atoms with Gasteiger partial charge in [-0.15, -0.1) is 0 Å². The minimum Gasteiger partial charge on any atom is -0.378 e. The molecule has 106 valence electrons. The maximum atomic E-state index is 5.63. The first-order valence-corrected chi connectivity index (χ1v) is 7.41. The van der Waals surface area contributed by atoms with Crippen LogP contribution in [0.3, 0.4) is 0 Å². The van der Waals surface area contributed by atoms with E-state index in [0.717, 1.165) is 13.2 Å². The largest absolute Gasteiger partial charge is 0.378 e. The molecule has 2 nitrogen and oxygen atoms in total. The van der Waals surface area contributed by atoms with Gasteiger partial charge in [0.05, 0.1) is 6.10 Å². The molecule has 0 radical (unpaired) electrons. The van der Waals surface area contributed by atoms with Crippen molar-refractivity contribution < 1.29 is 4.74 Å². The lowest BCUT2D eigenvalue weighted by Crippen LogP contribution is -2.29. The normalized spacial score (nSPS) is 24.7. The van der Waals surface area contributed by atoms with Crippen molar-refractivity contribution in [2.75, 3.05) is 13.2 Å². The average molecular weight is 261 g/mol. The van der Waals surface area contributed by atoms with E-state index < -0.39 is 0 Å². The van der Waals surface area contributed by atoms with Gasteiger partial charge < -0.3 is 10.1 Å². The minimum atomic E-state index is 0.403. The van der Waals surface area contributed by atoms with Gasteiger partial charge in [0.1, 0.15) is 0 Å². The molecule has 0 amide bonds. The maximum Gasteiger partial charge on any atom is 0.0588 e. The average Bonchev–Trinajstić information content (AvgIpc) is 2.70. The molecule has 1 aromatic carbocycles. The van der Waals surface area contributed by atoms with Crippen molar-refractivity contribution >= 4 is 0 Å². The number of hydrogen-bond donors (Lipinski definition) is 1. The molecule has 1 aromatic rings. The molecule has 1 fully saturated rings. The summed E-state index contributed by atoms with van der Waals surface area (Å²) < 4.78 is 5.63. The number of hydrogen-bond acceptors (Lipinski definition) is 2. The van der Waals surface area contributed by atoms with E-state index in [1.807, 2.05) is 0 Å². The molecular weight excluding hydrogens is 234 g/mol. The Morgan fingerprint density at radius 3 is 2.42 bits per heavy atom. The van der Waals surface area contributed by atoms with Gasteiger partial charge in [0.15, 0.2) is 0 Å². The summed E-state index contributed by atoms with van der Waals surface area (Å²) in [5, 5.41) is 3.69. The molecule has 1 heterocycles. The third kappa shape index (κ3) is 3.37. The predicted molar refractivity (Wildman–Crippen MR) is 80.6 cm³/mol. The zero-order chi connectivity index (χ0) is 14.0. The summed E-state index contributed by atoms with van der Waals surface area (Å²) in [6.07, 6.45) is 1.59. The van der Waals surface area contributed by atoms with E-state index in [1.54, 1.807) is 0 Å². The fourth-order valence-corrected chi connectivity index (χ4v) is 3.35. The third-order valence-corrected chi connectivity index (χ3v) is 4.39. The number of nitrogens with one attached hydrogen (secondary N) is 1. The number of benzene rings is 1. The van der Waals surface area contributed by atoms with Crippen molar-refractivity contribution in [3.63, 3.8) is 0 Å². The van der Waals surface area contributed by atoms with E-state index in [9.17, 15) is 0 Å². The molecule has 1 aliphatic rings. The van der Waals surface area contributed by atoms with Gasteiger partial charge in [-0.2, -0.15) is 0 Å². The van der Waals surface area contributed by atoms with Crippen molar-refractivity contribution in [2.45, 2.75) is 53.2 Å². The van der Waals surface area contributed by atoms with Crippen molar-refractivity contribution in [2.24, 2.45) is 5.92 Å². The summed E-state index contributed by atoms with van der Waals surface area (Å²) in [5.41, 5.74) is 5.60. The van der Waals surface area contributed by atoms with Crippen LogP contribution >= 0.6 is 0 Å². The molecule has 1 N–H and O–H groups in total. The van der Waals surface area contributed by atoms with Gasteiger partial charge in [-0.3, -0.25) is 0 Å². The lowest BCUT2D eigenvalue weighted by Gasteiger charge is -2.22. The zero-order valence-electron chi connectivity index (χ0n) is 12.9. The Balaban J connectivity index is 2.02. The fourth-order valence-electron chi connectivity index (χ4n) is 3.35. The molecule has 1 aliphatic heterocycles. The molecule has 0 aromatic heterocycles. The molecule has 0 spiro atoms. The summed E-state index contributed by atoms with van der Waals surface area (Å²) in [6.45, 7) is 13.0. The Kier molecular flexibility index (Phi) is 4.64. The van der Waals surface area contributed by atoms with Gasteiger partial charge in [-0.25, -0.2) is 0 Å². The van der Waals surface area contributed by atoms with Crippen LogP contribution in [-0.4, -0.2) is 19.3 Å². The molecule has 3 atom stereocenters. The molecule has 2 heteroatoms. The Morgan fingerprint density at radius 1 is 1.26 bits per heavy atom. The van der Waals surface area contributed by atoms with Gasteiger partial charge in [-0.05, 0) is 63.6 Å². The minimum absolute atomic E-state index is 0.403. The van der Waals surface area contributed by atoms with Crippen molar-refractivity contribution in [3.05, 3.63) is 34.4 Å². The topological polar surface area (TPSA) is 21.3 Å². The second-order valence-corrected chi connectivity index (χ2v) is 6.07. The first-order chi connectivity index (χ1) is 8.99. The smallest absolute Gasteiger partial charge is 0.0588 e. The Hall–Kier alpha value is -0.860. The van der Waals surface area contributed by atoms with Gasteiger partial charge >= 0.3 is 0 Å². The summed E-state index contributed by atoms with van der Waals surface area (Å²) >= 11 is 0. The van der Waals surface area contributed by atoms with Crippen LogP contribution in [0.4, 0.5) is 0 Å². The van der Waals surface area contributed by atoms with Crippen molar-refractivity contribution in [1.82, 2.24) is 5.32 Å². The number of rotatable bonds is 4. The van der Waals surface area contributed by atoms with E-state index in [4.69, 9.17) is 4.74 Å². The molecule has 1 saturated heterocycles. The molecule has 0 aliphatic carbocycles. The molecular formula is C17H27NO. The fraction of sp³-hybridized carbons (Fsp3) is 0.647. The number of aryl methyl sites for hydroxylation is 3. The van der Waals surface area contributed by atoms with Crippen LogP contribution in [0.25, 0.3) is 0 Å². The Bertz CT molecular complexity index is 418. The van der Waals surface area contributed by atoms with Crippen molar-refractivity contribution in [3.8, 4) is 0 Å². The van der Waals surface area contributed by atoms with E-state index in [0.29, 0.717) is 18.1 Å². The SMILES string of the molecule is Cc1cc(C)c(C(C)NCC2CCOC2C)c(C)c1. The highest BCUT2D eigenvalue weighted by Crippen LogP contribution is 2.25. The molecule has 0 bridgehead atoms. The molecule has 19 heavy (non-hydrogen) atoms. The van der Waals surface area contributed by atoms with Gasteiger partial charge in [0.25, 0.3) is 0 Å². The standard InChI is InChI=1S/C17H27NO/c1-11-8-12(2)17(13(3)9-11)14(4)18-10-16-6-7-19-15(16)5/h8-9,14-16,18H,6-7,10H2,1-5H3. The van der Waals surface area contributed by atoms with E-state index in [-0.39, 0.29) is 0 Å².